The van der Waals surface area contributed by atoms with Gasteiger partial charge in [0, 0.05) is 24.3 Å². The fourth-order valence-electron chi connectivity index (χ4n) is 3.74. The van der Waals surface area contributed by atoms with Crippen molar-refractivity contribution in [2.45, 2.75) is 25.6 Å². The molecule has 0 atom stereocenters. The highest BCUT2D eigenvalue weighted by Gasteiger charge is 2.36. The Morgan fingerprint density at radius 2 is 1.97 bits per heavy atom. The van der Waals surface area contributed by atoms with Crippen molar-refractivity contribution in [2.24, 2.45) is 5.92 Å². The van der Waals surface area contributed by atoms with E-state index in [9.17, 15) is 18.0 Å². The first-order chi connectivity index (χ1) is 14.1. The Balaban J connectivity index is 1.72. The summed E-state index contributed by atoms with van der Waals surface area (Å²) in [5.74, 6) is -0.0307. The second kappa shape index (κ2) is 7.11. The van der Waals surface area contributed by atoms with Gasteiger partial charge in [-0.15, -0.1) is 0 Å². The van der Waals surface area contributed by atoms with E-state index in [4.69, 9.17) is 9.47 Å². The lowest BCUT2D eigenvalue weighted by Gasteiger charge is -2.39. The Kier molecular flexibility index (Phi) is 4.83. The molecule has 2 heterocycles. The molecule has 0 aliphatic carbocycles. The van der Waals surface area contributed by atoms with Crippen LogP contribution in [-0.4, -0.2) is 38.3 Å². The summed E-state index contributed by atoms with van der Waals surface area (Å²) in [6.45, 7) is 5.20. The minimum absolute atomic E-state index is 0.187. The van der Waals surface area contributed by atoms with E-state index in [0.29, 0.717) is 42.2 Å². The average Bonchev–Trinajstić information content (AvgIpc) is 2.64. The van der Waals surface area contributed by atoms with Crippen LogP contribution in [0.1, 0.15) is 19.4 Å². The number of alkyl halides is 3. The molecule has 0 spiro atoms. The molecule has 160 valence electrons. The molecule has 0 saturated carbocycles. The second-order valence-electron chi connectivity index (χ2n) is 8.29. The van der Waals surface area contributed by atoms with Gasteiger partial charge in [-0.1, -0.05) is 12.1 Å². The highest BCUT2D eigenvalue weighted by molar-refractivity contribution is 5.82. The van der Waals surface area contributed by atoms with Crippen LogP contribution in [-0.2, 0) is 15.7 Å². The van der Waals surface area contributed by atoms with Crippen molar-refractivity contribution in [3.05, 3.63) is 42.0 Å². The summed E-state index contributed by atoms with van der Waals surface area (Å²) in [6.07, 6.45) is -4.47. The number of fused-ring (bicyclic) bond motifs is 1. The van der Waals surface area contributed by atoms with Crippen LogP contribution in [0.15, 0.2) is 36.4 Å². The van der Waals surface area contributed by atoms with E-state index in [1.165, 1.54) is 7.11 Å². The SMILES string of the molecule is COC(=O)C1CN(c2cccc(-c3cc(C(F)(F)F)cc4c3OC(C)(C)CN4)c2)C1. The molecule has 0 radical (unpaired) electrons. The maximum atomic E-state index is 13.5. The van der Waals surface area contributed by atoms with E-state index >= 15 is 0 Å². The number of anilines is 2. The van der Waals surface area contributed by atoms with Gasteiger partial charge in [0.05, 0.1) is 30.8 Å². The minimum Gasteiger partial charge on any atom is -0.483 e. The number of nitrogens with one attached hydrogen (secondary N) is 1. The molecule has 4 rings (SSSR count). The third kappa shape index (κ3) is 3.78. The normalized spacial score (nSPS) is 18.0. The molecule has 30 heavy (non-hydrogen) atoms. The van der Waals surface area contributed by atoms with Crippen LogP contribution >= 0.6 is 0 Å². The average molecular weight is 420 g/mol. The van der Waals surface area contributed by atoms with Crippen LogP contribution in [0.2, 0.25) is 0 Å². The summed E-state index contributed by atoms with van der Waals surface area (Å²) >= 11 is 0. The summed E-state index contributed by atoms with van der Waals surface area (Å²) in [5, 5.41) is 3.07. The van der Waals surface area contributed by atoms with Crippen molar-refractivity contribution in [1.82, 2.24) is 0 Å². The molecule has 0 aromatic heterocycles. The third-order valence-electron chi connectivity index (χ3n) is 5.44. The van der Waals surface area contributed by atoms with Crippen molar-refractivity contribution >= 4 is 17.3 Å². The Labute approximate surface area is 172 Å². The Morgan fingerprint density at radius 3 is 2.63 bits per heavy atom. The maximum absolute atomic E-state index is 13.5. The van der Waals surface area contributed by atoms with Crippen molar-refractivity contribution < 1.29 is 27.4 Å². The van der Waals surface area contributed by atoms with E-state index in [2.05, 4.69) is 5.32 Å². The zero-order valence-corrected chi connectivity index (χ0v) is 17.0. The van der Waals surface area contributed by atoms with Crippen molar-refractivity contribution in [2.75, 3.05) is 37.0 Å². The standard InChI is InChI=1S/C22H23F3N2O3/c1-21(2)12-26-18-9-15(22(23,24)25)8-17(19(18)30-21)13-5-4-6-16(7-13)27-10-14(11-27)20(28)29-3/h4-9,14,26H,10-12H2,1-3H3. The molecule has 0 bridgehead atoms. The number of carbonyl (C=O) groups excluding carboxylic acids is 1. The van der Waals surface area contributed by atoms with Crippen LogP contribution in [0, 0.1) is 5.92 Å². The molecule has 1 fully saturated rings. The quantitative estimate of drug-likeness (QED) is 0.738. The zero-order valence-electron chi connectivity index (χ0n) is 17.0. The van der Waals surface area contributed by atoms with Crippen LogP contribution in [0.5, 0.6) is 5.75 Å². The Bertz CT molecular complexity index is 982. The van der Waals surface area contributed by atoms with Crippen LogP contribution in [0.3, 0.4) is 0 Å². The first kappa shape index (κ1) is 20.4. The molecule has 1 N–H and O–H groups in total. The van der Waals surface area contributed by atoms with E-state index in [0.717, 1.165) is 17.8 Å². The first-order valence-electron chi connectivity index (χ1n) is 9.69. The molecule has 0 amide bonds. The van der Waals surface area contributed by atoms with Gasteiger partial charge in [-0.05, 0) is 43.7 Å². The van der Waals surface area contributed by atoms with Gasteiger partial charge in [0.15, 0.2) is 5.75 Å². The highest BCUT2D eigenvalue weighted by atomic mass is 19.4. The number of methoxy groups -OCH3 is 1. The molecule has 2 aliphatic heterocycles. The largest absolute Gasteiger partial charge is 0.483 e. The number of carbonyl (C=O) groups is 1. The number of esters is 1. The van der Waals surface area contributed by atoms with Gasteiger partial charge in [0.2, 0.25) is 0 Å². The van der Waals surface area contributed by atoms with Crippen molar-refractivity contribution in [1.29, 1.82) is 0 Å². The van der Waals surface area contributed by atoms with E-state index in [-0.39, 0.29) is 11.9 Å². The summed E-state index contributed by atoms with van der Waals surface area (Å²) < 4.78 is 51.4. The van der Waals surface area contributed by atoms with Crippen molar-refractivity contribution in [3.63, 3.8) is 0 Å². The summed E-state index contributed by atoms with van der Waals surface area (Å²) in [4.78, 5) is 13.6. The number of hydrogen-bond acceptors (Lipinski definition) is 5. The second-order valence-corrected chi connectivity index (χ2v) is 8.29. The van der Waals surface area contributed by atoms with Gasteiger partial charge >= 0.3 is 12.1 Å². The minimum atomic E-state index is -4.47. The topological polar surface area (TPSA) is 50.8 Å². The molecule has 2 aromatic rings. The number of hydrogen-bond donors (Lipinski definition) is 1. The lowest BCUT2D eigenvalue weighted by atomic mass is 9.95. The maximum Gasteiger partial charge on any atom is 0.416 e. The lowest BCUT2D eigenvalue weighted by Crippen LogP contribution is -2.50. The highest BCUT2D eigenvalue weighted by Crippen LogP contribution is 2.46. The third-order valence-corrected chi connectivity index (χ3v) is 5.44. The number of halogens is 3. The van der Waals surface area contributed by atoms with Gasteiger partial charge in [0.25, 0.3) is 0 Å². The fraction of sp³-hybridized carbons (Fsp3) is 0.409. The molecular weight excluding hydrogens is 397 g/mol. The van der Waals surface area contributed by atoms with Gasteiger partial charge in [-0.25, -0.2) is 0 Å². The Hall–Kier alpha value is -2.90. The summed E-state index contributed by atoms with van der Waals surface area (Å²) in [6, 6.07) is 9.49. The number of nitrogens with zero attached hydrogens (tertiary/aromatic N) is 1. The molecule has 5 nitrogen and oxygen atoms in total. The molecule has 8 heteroatoms. The van der Waals surface area contributed by atoms with Gasteiger partial charge in [-0.2, -0.15) is 13.2 Å². The summed E-state index contributed by atoms with van der Waals surface area (Å²) in [7, 11) is 1.36. The number of rotatable bonds is 3. The predicted octanol–water partition coefficient (Wildman–Crippen LogP) is 4.56. The van der Waals surface area contributed by atoms with Crippen molar-refractivity contribution in [3.8, 4) is 16.9 Å². The smallest absolute Gasteiger partial charge is 0.416 e. The van der Waals surface area contributed by atoms with E-state index in [1.54, 1.807) is 12.1 Å². The molecule has 0 unspecified atom stereocenters. The zero-order chi connectivity index (χ0) is 21.7. The number of benzene rings is 2. The summed E-state index contributed by atoms with van der Waals surface area (Å²) in [5.41, 5.74) is 0.890. The molecule has 2 aliphatic rings. The van der Waals surface area contributed by atoms with Crippen LogP contribution in [0.4, 0.5) is 24.5 Å². The molecule has 1 saturated heterocycles. The van der Waals surface area contributed by atoms with E-state index in [1.807, 2.05) is 30.9 Å². The van der Waals surface area contributed by atoms with Crippen LogP contribution < -0.4 is 15.0 Å². The fourth-order valence-corrected chi connectivity index (χ4v) is 3.74. The predicted molar refractivity (Wildman–Crippen MR) is 108 cm³/mol. The Morgan fingerprint density at radius 1 is 1.23 bits per heavy atom. The monoisotopic (exact) mass is 420 g/mol. The van der Waals surface area contributed by atoms with Crippen LogP contribution in [0.25, 0.3) is 11.1 Å². The number of ether oxygens (including phenoxy) is 2. The van der Waals surface area contributed by atoms with Gasteiger partial charge in [-0.3, -0.25) is 4.79 Å². The lowest BCUT2D eigenvalue weighted by molar-refractivity contribution is -0.146. The van der Waals surface area contributed by atoms with E-state index < -0.39 is 17.3 Å². The molecular formula is C22H23F3N2O3. The van der Waals surface area contributed by atoms with Gasteiger partial charge < -0.3 is 19.7 Å². The molecule has 2 aromatic carbocycles. The van der Waals surface area contributed by atoms with Gasteiger partial charge in [0.1, 0.15) is 5.60 Å². The first-order valence-corrected chi connectivity index (χ1v) is 9.69.